The van der Waals surface area contributed by atoms with E-state index in [2.05, 4.69) is 21.9 Å². The Morgan fingerprint density at radius 1 is 1.28 bits per heavy atom. The summed E-state index contributed by atoms with van der Waals surface area (Å²) in [5.74, 6) is 0.701. The number of hydrogen-bond acceptors (Lipinski definition) is 7. The highest BCUT2D eigenvalue weighted by molar-refractivity contribution is 7.99. The molecule has 4 rings (SSSR count). The first kappa shape index (κ1) is 24.1. The van der Waals surface area contributed by atoms with E-state index < -0.39 is 0 Å². The lowest BCUT2D eigenvalue weighted by Gasteiger charge is -2.39. The third-order valence-electron chi connectivity index (χ3n) is 5.78. The molecule has 0 amide bonds. The van der Waals surface area contributed by atoms with Crippen LogP contribution in [0, 0.1) is 5.41 Å². The van der Waals surface area contributed by atoms with Crippen molar-refractivity contribution in [3.05, 3.63) is 39.9 Å². The quantitative estimate of drug-likeness (QED) is 0.549. The van der Waals surface area contributed by atoms with Gasteiger partial charge in [-0.15, -0.1) is 0 Å². The van der Waals surface area contributed by atoms with Crippen molar-refractivity contribution in [2.45, 2.75) is 29.6 Å². The number of aromatic nitrogens is 4. The van der Waals surface area contributed by atoms with Gasteiger partial charge in [0.25, 0.3) is 12.0 Å². The van der Waals surface area contributed by atoms with E-state index in [-0.39, 0.29) is 17.4 Å². The number of fused-ring (bicyclic) bond motifs is 1. The summed E-state index contributed by atoms with van der Waals surface area (Å²) in [6.45, 7) is 4.36. The predicted octanol–water partition coefficient (Wildman–Crippen LogP) is 2.74. The summed E-state index contributed by atoms with van der Waals surface area (Å²) < 4.78 is 3.36. The van der Waals surface area contributed by atoms with Gasteiger partial charge in [-0.3, -0.25) is 18.8 Å². The molecule has 3 aromatic rings. The number of aryl methyl sites for hydroxylation is 1. The Kier molecular flexibility index (Phi) is 7.47. The zero-order chi connectivity index (χ0) is 23.5. The van der Waals surface area contributed by atoms with Crippen molar-refractivity contribution < 1.29 is 9.90 Å². The number of hydrogen-bond donors (Lipinski definition) is 2. The number of piperidine rings is 1. The van der Waals surface area contributed by atoms with Crippen molar-refractivity contribution in [3.8, 4) is 0 Å². The van der Waals surface area contributed by atoms with E-state index in [1.807, 2.05) is 25.4 Å². The molecular formula is C21H27ClN6O3S. The summed E-state index contributed by atoms with van der Waals surface area (Å²) in [5, 5.41) is 12.7. The van der Waals surface area contributed by atoms with E-state index >= 15 is 0 Å². The summed E-state index contributed by atoms with van der Waals surface area (Å²) in [7, 11) is 3.63. The molecule has 11 heteroatoms. The monoisotopic (exact) mass is 478 g/mol. The fraction of sp³-hybridized carbons (Fsp3) is 0.429. The Morgan fingerprint density at radius 3 is 2.56 bits per heavy atom. The van der Waals surface area contributed by atoms with Gasteiger partial charge in [-0.2, -0.15) is 5.10 Å². The summed E-state index contributed by atoms with van der Waals surface area (Å²) in [6.07, 6.45) is 5.53. The molecule has 0 unspecified atom stereocenters. The minimum Gasteiger partial charge on any atom is -0.483 e. The van der Waals surface area contributed by atoms with Gasteiger partial charge in [0.05, 0.1) is 21.6 Å². The third kappa shape index (κ3) is 4.92. The molecule has 1 aromatic carbocycles. The van der Waals surface area contributed by atoms with E-state index in [9.17, 15) is 4.79 Å². The van der Waals surface area contributed by atoms with Crippen molar-refractivity contribution in [3.63, 3.8) is 0 Å². The molecule has 3 N–H and O–H groups in total. The van der Waals surface area contributed by atoms with Crippen molar-refractivity contribution in [2.24, 2.45) is 25.2 Å². The highest BCUT2D eigenvalue weighted by Gasteiger charge is 2.30. The number of carbonyl (C=O) groups is 1. The maximum Gasteiger partial charge on any atom is 0.290 e. The minimum absolute atomic E-state index is 0.0745. The molecule has 9 nitrogen and oxygen atoms in total. The molecule has 2 aromatic heterocycles. The smallest absolute Gasteiger partial charge is 0.290 e. The third-order valence-corrected chi connectivity index (χ3v) is 7.36. The first-order valence-corrected chi connectivity index (χ1v) is 11.3. The predicted molar refractivity (Wildman–Crippen MR) is 127 cm³/mol. The van der Waals surface area contributed by atoms with Gasteiger partial charge in [0.15, 0.2) is 0 Å². The molecule has 1 fully saturated rings. The standard InChI is InChI=1S/C20H25ClN6OS.CH2O2/c1-20(12-22)6-8-27(9-7-20)19-23-10-16(18(28)26(19)3)29-15-5-4-14-13(17(15)21)11-25(2)24-14;2-1-3/h4-5,10-11H,6-9,12,22H2,1-3H3;1H,(H,2,3). The van der Waals surface area contributed by atoms with Crippen molar-refractivity contribution >= 4 is 46.7 Å². The van der Waals surface area contributed by atoms with Gasteiger partial charge in [0.2, 0.25) is 5.95 Å². The molecule has 0 spiro atoms. The second-order valence-corrected chi connectivity index (χ2v) is 9.57. The normalized spacial score (nSPS) is 15.3. The molecule has 0 saturated carbocycles. The van der Waals surface area contributed by atoms with Crippen LogP contribution in [0.15, 0.2) is 39.1 Å². The van der Waals surface area contributed by atoms with Crippen LogP contribution in [-0.4, -0.2) is 50.5 Å². The SMILES string of the molecule is Cn1cc2c(Cl)c(Sc3cnc(N4CCC(C)(CN)CC4)n(C)c3=O)ccc2n1.O=CO. The van der Waals surface area contributed by atoms with Crippen molar-refractivity contribution in [2.75, 3.05) is 24.5 Å². The van der Waals surface area contributed by atoms with Crippen LogP contribution in [0.1, 0.15) is 19.8 Å². The first-order chi connectivity index (χ1) is 15.2. The van der Waals surface area contributed by atoms with Gasteiger partial charge in [-0.25, -0.2) is 4.98 Å². The highest BCUT2D eigenvalue weighted by Crippen LogP contribution is 2.36. The highest BCUT2D eigenvalue weighted by atomic mass is 35.5. The maximum atomic E-state index is 13.0. The Bertz CT molecular complexity index is 1170. The minimum atomic E-state index is -0.250. The summed E-state index contributed by atoms with van der Waals surface area (Å²) in [6, 6.07) is 3.81. The molecule has 3 heterocycles. The van der Waals surface area contributed by atoms with E-state index in [0.29, 0.717) is 22.4 Å². The van der Waals surface area contributed by atoms with E-state index in [4.69, 9.17) is 27.2 Å². The number of benzene rings is 1. The molecule has 0 aliphatic carbocycles. The molecule has 32 heavy (non-hydrogen) atoms. The lowest BCUT2D eigenvalue weighted by atomic mass is 9.81. The number of rotatable bonds is 4. The molecule has 0 radical (unpaired) electrons. The number of nitrogens with two attached hydrogens (primary N) is 1. The Balaban J connectivity index is 0.000000913. The van der Waals surface area contributed by atoms with E-state index in [1.165, 1.54) is 11.8 Å². The topological polar surface area (TPSA) is 119 Å². The number of halogens is 1. The van der Waals surface area contributed by atoms with Gasteiger partial charge >= 0.3 is 0 Å². The van der Waals surface area contributed by atoms with Gasteiger partial charge in [0, 0.05) is 43.7 Å². The fourth-order valence-electron chi connectivity index (χ4n) is 3.68. The van der Waals surface area contributed by atoms with Gasteiger partial charge in [0.1, 0.15) is 0 Å². The average molecular weight is 479 g/mol. The Labute approximate surface area is 195 Å². The zero-order valence-corrected chi connectivity index (χ0v) is 19.9. The van der Waals surface area contributed by atoms with Crippen LogP contribution in [0.25, 0.3) is 10.9 Å². The maximum absolute atomic E-state index is 13.0. The van der Waals surface area contributed by atoms with Gasteiger partial charge in [-0.05, 0) is 36.9 Å². The van der Waals surface area contributed by atoms with Crippen LogP contribution in [0.2, 0.25) is 5.02 Å². The summed E-state index contributed by atoms with van der Waals surface area (Å²) >= 11 is 7.91. The van der Waals surface area contributed by atoms with Crippen LogP contribution in [-0.2, 0) is 18.9 Å². The average Bonchev–Trinajstić information content (AvgIpc) is 3.16. The fourth-order valence-corrected chi connectivity index (χ4v) is 4.91. The van der Waals surface area contributed by atoms with E-state index in [1.54, 1.807) is 22.5 Å². The lowest BCUT2D eigenvalue weighted by molar-refractivity contribution is -0.122. The molecule has 1 aliphatic rings. The number of carboxylic acid groups (broad SMARTS) is 1. The van der Waals surface area contributed by atoms with Gasteiger partial charge in [-0.1, -0.05) is 30.3 Å². The molecule has 1 saturated heterocycles. The molecule has 0 atom stereocenters. The number of nitrogens with zero attached hydrogens (tertiary/aromatic N) is 5. The molecule has 0 bridgehead atoms. The first-order valence-electron chi connectivity index (χ1n) is 10.1. The summed E-state index contributed by atoms with van der Waals surface area (Å²) in [4.78, 5) is 29.5. The van der Waals surface area contributed by atoms with Crippen LogP contribution in [0.4, 0.5) is 5.95 Å². The van der Waals surface area contributed by atoms with Crippen LogP contribution in [0.3, 0.4) is 0 Å². The largest absolute Gasteiger partial charge is 0.483 e. The van der Waals surface area contributed by atoms with Crippen LogP contribution >= 0.6 is 23.4 Å². The number of anilines is 1. The molecular weight excluding hydrogens is 452 g/mol. The Hall–Kier alpha value is -2.56. The molecule has 172 valence electrons. The van der Waals surface area contributed by atoms with Crippen LogP contribution in [0.5, 0.6) is 0 Å². The Morgan fingerprint density at radius 2 is 1.94 bits per heavy atom. The summed E-state index contributed by atoms with van der Waals surface area (Å²) in [5.41, 5.74) is 6.84. The second kappa shape index (κ2) is 9.93. The van der Waals surface area contributed by atoms with Gasteiger partial charge < -0.3 is 15.7 Å². The van der Waals surface area contributed by atoms with Crippen LogP contribution < -0.4 is 16.2 Å². The zero-order valence-electron chi connectivity index (χ0n) is 18.3. The lowest BCUT2D eigenvalue weighted by Crippen LogP contribution is -2.44. The van der Waals surface area contributed by atoms with E-state index in [0.717, 1.165) is 41.7 Å². The molecule has 1 aliphatic heterocycles. The van der Waals surface area contributed by atoms with Crippen molar-refractivity contribution in [1.29, 1.82) is 0 Å². The second-order valence-electron chi connectivity index (χ2n) is 8.11. The van der Waals surface area contributed by atoms with Crippen molar-refractivity contribution in [1.82, 2.24) is 19.3 Å².